The van der Waals surface area contributed by atoms with Gasteiger partial charge in [0.2, 0.25) is 0 Å². The van der Waals surface area contributed by atoms with Crippen LogP contribution < -0.4 is 5.30 Å². The Morgan fingerprint density at radius 2 is 1.14 bits per heavy atom. The van der Waals surface area contributed by atoms with E-state index in [2.05, 4.69) is 45.8 Å². The van der Waals surface area contributed by atoms with Gasteiger partial charge in [0.15, 0.2) is 0 Å². The number of benzene rings is 1. The fraction of sp³-hybridized carbons (Fsp3) is 0.667. The third-order valence-corrected chi connectivity index (χ3v) is 14.3. The number of halogens is 1. The van der Waals surface area contributed by atoms with Crippen molar-refractivity contribution in [2.75, 3.05) is 0 Å². The quantitative estimate of drug-likeness (QED) is 0.461. The van der Waals surface area contributed by atoms with Gasteiger partial charge in [0, 0.05) is 8.41 Å². The highest BCUT2D eigenvalue weighted by Gasteiger charge is 2.52. The Kier molecular flexibility index (Phi) is 6.82. The first kappa shape index (κ1) is 17.5. The first-order valence-corrected chi connectivity index (χ1v) is 12.4. The molecule has 113 valence electrons. The molecule has 21 heavy (non-hydrogen) atoms. The van der Waals surface area contributed by atoms with Crippen LogP contribution in [-0.2, 0) is 0 Å². The minimum Gasteiger partial charge on any atom is -0.0620 e. The lowest BCUT2D eigenvalue weighted by Gasteiger charge is -2.38. The Bertz CT molecular complexity index is 392. The fourth-order valence-electron chi connectivity index (χ4n) is 4.29. The molecule has 3 heteroatoms. The highest BCUT2D eigenvalue weighted by atomic mass is 79.9. The van der Waals surface area contributed by atoms with Crippen LogP contribution >= 0.6 is 21.5 Å². The third kappa shape index (κ3) is 3.76. The van der Waals surface area contributed by atoms with Crippen molar-refractivity contribution in [3.05, 3.63) is 30.3 Å². The molecule has 0 atom stereocenters. The molecule has 2 aliphatic carbocycles. The first-order valence-electron chi connectivity index (χ1n) is 8.45. The molecule has 0 saturated heterocycles. The van der Waals surface area contributed by atoms with Gasteiger partial charge in [0.1, 0.15) is 26.8 Å². The molecule has 1 aromatic rings. The van der Waals surface area contributed by atoms with Gasteiger partial charge in [0.05, 0.1) is 11.3 Å². The lowest BCUT2D eigenvalue weighted by atomic mass is 9.99. The Balaban J connectivity index is 0.00000161. The summed E-state index contributed by atoms with van der Waals surface area (Å²) in [6.45, 7) is 0. The SMILES string of the molecule is Br[P+](c1ccccc1)(C1CCCCC1)C1CCCCC1.[B]. The van der Waals surface area contributed by atoms with Crippen molar-refractivity contribution < 1.29 is 0 Å². The van der Waals surface area contributed by atoms with Crippen molar-refractivity contribution >= 4 is 35.2 Å². The molecule has 0 amide bonds. The van der Waals surface area contributed by atoms with Crippen LogP contribution in [0.15, 0.2) is 30.3 Å². The lowest BCUT2D eigenvalue weighted by molar-refractivity contribution is 0.486. The van der Waals surface area contributed by atoms with Crippen molar-refractivity contribution in [3.63, 3.8) is 0 Å². The van der Waals surface area contributed by atoms with Crippen LogP contribution in [0.4, 0.5) is 0 Å². The minimum absolute atomic E-state index is 0. The van der Waals surface area contributed by atoms with Crippen LogP contribution in [0.3, 0.4) is 0 Å². The van der Waals surface area contributed by atoms with Gasteiger partial charge < -0.3 is 0 Å². The van der Waals surface area contributed by atoms with E-state index >= 15 is 0 Å². The summed E-state index contributed by atoms with van der Waals surface area (Å²) in [5.74, 6) is -1.16. The van der Waals surface area contributed by atoms with Crippen molar-refractivity contribution in [2.45, 2.75) is 75.5 Å². The first-order chi connectivity index (χ1) is 9.82. The molecule has 1 aromatic carbocycles. The zero-order valence-corrected chi connectivity index (χ0v) is 15.5. The Labute approximate surface area is 141 Å². The lowest BCUT2D eigenvalue weighted by Crippen LogP contribution is -2.31. The van der Waals surface area contributed by atoms with Gasteiger partial charge in [-0.15, -0.1) is 0 Å². The van der Waals surface area contributed by atoms with Gasteiger partial charge >= 0.3 is 0 Å². The Morgan fingerprint density at radius 3 is 1.57 bits per heavy atom. The molecule has 3 rings (SSSR count). The Hall–Kier alpha value is 0.195. The summed E-state index contributed by atoms with van der Waals surface area (Å²) in [6, 6.07) is 11.5. The molecule has 0 heterocycles. The summed E-state index contributed by atoms with van der Waals surface area (Å²) in [7, 11) is 0. The maximum absolute atomic E-state index is 4.43. The number of rotatable bonds is 3. The van der Waals surface area contributed by atoms with Crippen LogP contribution in [0.2, 0.25) is 0 Å². The summed E-state index contributed by atoms with van der Waals surface area (Å²) < 4.78 is 0. The van der Waals surface area contributed by atoms with Crippen LogP contribution in [0.1, 0.15) is 64.2 Å². The van der Waals surface area contributed by atoms with E-state index in [0.29, 0.717) is 0 Å². The largest absolute Gasteiger partial charge is 0.145 e. The topological polar surface area (TPSA) is 0 Å². The van der Waals surface area contributed by atoms with Crippen LogP contribution in [-0.4, -0.2) is 19.7 Å². The van der Waals surface area contributed by atoms with Crippen LogP contribution in [0.5, 0.6) is 0 Å². The molecular formula is C18H27BBrP+. The zero-order valence-electron chi connectivity index (χ0n) is 13.0. The van der Waals surface area contributed by atoms with Crippen molar-refractivity contribution in [1.82, 2.24) is 0 Å². The molecule has 0 unspecified atom stereocenters. The molecule has 0 aromatic heterocycles. The highest BCUT2D eigenvalue weighted by Crippen LogP contribution is 2.76. The molecular weight excluding hydrogens is 338 g/mol. The Morgan fingerprint density at radius 1 is 0.714 bits per heavy atom. The van der Waals surface area contributed by atoms with Gasteiger partial charge in [-0.25, -0.2) is 0 Å². The molecule has 0 spiro atoms. The van der Waals surface area contributed by atoms with E-state index in [9.17, 15) is 0 Å². The molecule has 2 saturated carbocycles. The average Bonchev–Trinajstić information content (AvgIpc) is 2.56. The predicted octanol–water partition coefficient (Wildman–Crippen LogP) is 5.92. The van der Waals surface area contributed by atoms with E-state index in [1.165, 1.54) is 64.2 Å². The summed E-state index contributed by atoms with van der Waals surface area (Å²) in [5, 5.41) is 1.65. The van der Waals surface area contributed by atoms with E-state index in [-0.39, 0.29) is 8.41 Å². The molecule has 3 radical (unpaired) electrons. The monoisotopic (exact) mass is 364 g/mol. The molecule has 2 aliphatic rings. The van der Waals surface area contributed by atoms with Gasteiger partial charge in [-0.3, -0.25) is 0 Å². The van der Waals surface area contributed by atoms with Crippen LogP contribution in [0, 0.1) is 0 Å². The van der Waals surface area contributed by atoms with Gasteiger partial charge in [-0.05, 0) is 63.5 Å². The standard InChI is InChI=1S/C18H27BrP.B/c19-20(16-10-4-1-5-11-16,17-12-6-2-7-13-17)18-14-8-3-9-15-18;/h1,4-5,10-11,17-18H,2-3,6-9,12-15H2;/q+1;. The third-order valence-electron chi connectivity index (χ3n) is 5.36. The zero-order chi connectivity index (χ0) is 13.8. The molecule has 0 aliphatic heterocycles. The number of hydrogen-bond acceptors (Lipinski definition) is 0. The second-order valence-corrected chi connectivity index (χ2v) is 13.5. The van der Waals surface area contributed by atoms with Crippen molar-refractivity contribution in [2.24, 2.45) is 0 Å². The normalized spacial score (nSPS) is 21.8. The van der Waals surface area contributed by atoms with Crippen molar-refractivity contribution in [1.29, 1.82) is 0 Å². The molecule has 2 fully saturated rings. The molecule has 0 nitrogen and oxygen atoms in total. The van der Waals surface area contributed by atoms with E-state index in [0.717, 1.165) is 11.3 Å². The second-order valence-electron chi connectivity index (χ2n) is 6.61. The van der Waals surface area contributed by atoms with Crippen LogP contribution in [0.25, 0.3) is 0 Å². The minimum atomic E-state index is -1.16. The number of hydrogen-bond donors (Lipinski definition) is 0. The predicted molar refractivity (Wildman–Crippen MR) is 101 cm³/mol. The fourth-order valence-corrected chi connectivity index (χ4v) is 11.8. The smallest absolute Gasteiger partial charge is 0.0620 e. The molecule has 0 N–H and O–H groups in total. The summed E-state index contributed by atoms with van der Waals surface area (Å²) in [6.07, 6.45) is 14.6. The summed E-state index contributed by atoms with van der Waals surface area (Å²) in [5.41, 5.74) is 1.89. The van der Waals surface area contributed by atoms with Gasteiger partial charge in [-0.2, -0.15) is 0 Å². The highest BCUT2D eigenvalue weighted by molar-refractivity contribution is 9.43. The van der Waals surface area contributed by atoms with E-state index in [4.69, 9.17) is 0 Å². The maximum Gasteiger partial charge on any atom is 0.145 e. The molecule has 0 bridgehead atoms. The average molecular weight is 365 g/mol. The van der Waals surface area contributed by atoms with E-state index in [1.807, 2.05) is 0 Å². The van der Waals surface area contributed by atoms with E-state index in [1.54, 1.807) is 5.30 Å². The van der Waals surface area contributed by atoms with Gasteiger partial charge in [0.25, 0.3) is 0 Å². The van der Waals surface area contributed by atoms with Crippen molar-refractivity contribution in [3.8, 4) is 0 Å². The van der Waals surface area contributed by atoms with Gasteiger partial charge in [-0.1, -0.05) is 31.0 Å². The second kappa shape index (κ2) is 8.16. The summed E-state index contributed by atoms with van der Waals surface area (Å²) >= 11 is 4.43. The maximum atomic E-state index is 4.43. The summed E-state index contributed by atoms with van der Waals surface area (Å²) in [4.78, 5) is 0. The van der Waals surface area contributed by atoms with E-state index < -0.39 is 5.96 Å².